The van der Waals surface area contributed by atoms with Gasteiger partial charge in [0, 0.05) is 18.0 Å². The molecule has 8 nitrogen and oxygen atoms in total. The monoisotopic (exact) mass is 408 g/mol. The van der Waals surface area contributed by atoms with Gasteiger partial charge < -0.3 is 15.0 Å². The fourth-order valence-electron chi connectivity index (χ4n) is 4.07. The van der Waals surface area contributed by atoms with Crippen molar-refractivity contribution in [1.82, 2.24) is 20.1 Å². The lowest BCUT2D eigenvalue weighted by molar-refractivity contribution is -0.137. The normalized spacial score (nSPS) is 21.4. The summed E-state index contributed by atoms with van der Waals surface area (Å²) >= 11 is 0. The minimum atomic E-state index is -0.508. The van der Waals surface area contributed by atoms with Crippen LogP contribution in [0.25, 0.3) is 0 Å². The molecule has 1 aromatic carbocycles. The van der Waals surface area contributed by atoms with E-state index in [1.807, 2.05) is 6.07 Å². The number of amides is 3. The molecule has 2 atom stereocenters. The Hall–Kier alpha value is -3.26. The maximum absolute atomic E-state index is 13.3. The number of methoxy groups -OCH3 is 1. The Bertz CT molecular complexity index is 949. The molecule has 0 spiro atoms. The van der Waals surface area contributed by atoms with Crippen molar-refractivity contribution in [2.45, 2.75) is 31.5 Å². The van der Waals surface area contributed by atoms with Gasteiger partial charge in [-0.1, -0.05) is 18.2 Å². The van der Waals surface area contributed by atoms with Crippen LogP contribution < -0.4 is 10.1 Å². The number of nitrogens with one attached hydrogen (secondary N) is 1. The molecule has 3 amide bonds. The van der Waals surface area contributed by atoms with E-state index in [1.54, 1.807) is 42.7 Å². The van der Waals surface area contributed by atoms with Crippen molar-refractivity contribution in [3.63, 3.8) is 0 Å². The third-order valence-corrected chi connectivity index (χ3v) is 5.60. The number of pyridine rings is 1. The van der Waals surface area contributed by atoms with Crippen LogP contribution in [0.3, 0.4) is 0 Å². The lowest BCUT2D eigenvalue weighted by atomic mass is 9.92. The van der Waals surface area contributed by atoms with E-state index in [0.717, 1.165) is 12.0 Å². The minimum Gasteiger partial charge on any atom is -0.497 e. The second-order valence-electron chi connectivity index (χ2n) is 7.49. The topological polar surface area (TPSA) is 91.8 Å². The zero-order valence-electron chi connectivity index (χ0n) is 16.8. The van der Waals surface area contributed by atoms with Gasteiger partial charge in [-0.3, -0.25) is 19.5 Å². The molecule has 8 heteroatoms. The summed E-state index contributed by atoms with van der Waals surface area (Å²) in [5, 5.41) is 3.24. The number of Topliss-reactive ketones (excluding diaryl/α,β-unsaturated/α-hetero) is 1. The Morgan fingerprint density at radius 1 is 1.27 bits per heavy atom. The van der Waals surface area contributed by atoms with Gasteiger partial charge in [-0.05, 0) is 43.1 Å². The maximum atomic E-state index is 13.3. The SMILES string of the molecule is COc1cccc(C(=O)CN2C(=O)N(Cc3cccnc3)C(=O)C3NCCCC32)c1. The molecular weight excluding hydrogens is 384 g/mol. The van der Waals surface area contributed by atoms with Gasteiger partial charge in [0.15, 0.2) is 5.78 Å². The molecular formula is C22H24N4O4. The van der Waals surface area contributed by atoms with Crippen LogP contribution in [-0.2, 0) is 11.3 Å². The van der Waals surface area contributed by atoms with Crippen LogP contribution in [0.15, 0.2) is 48.8 Å². The Morgan fingerprint density at radius 2 is 2.13 bits per heavy atom. The molecule has 1 N–H and O–H groups in total. The zero-order valence-corrected chi connectivity index (χ0v) is 16.8. The van der Waals surface area contributed by atoms with Crippen molar-refractivity contribution in [2.24, 2.45) is 0 Å². The van der Waals surface area contributed by atoms with Crippen molar-refractivity contribution < 1.29 is 19.1 Å². The van der Waals surface area contributed by atoms with Crippen molar-refractivity contribution in [3.8, 4) is 5.75 Å². The first-order valence-corrected chi connectivity index (χ1v) is 10.00. The fraction of sp³-hybridized carbons (Fsp3) is 0.364. The molecule has 30 heavy (non-hydrogen) atoms. The number of ketones is 1. The summed E-state index contributed by atoms with van der Waals surface area (Å²) in [4.78, 5) is 46.1. The first kappa shape index (κ1) is 20.0. The van der Waals surface area contributed by atoms with E-state index < -0.39 is 12.1 Å². The number of piperidine rings is 1. The lowest BCUT2D eigenvalue weighted by Crippen LogP contribution is -2.69. The van der Waals surface area contributed by atoms with Crippen LogP contribution in [0.5, 0.6) is 5.75 Å². The van der Waals surface area contributed by atoms with Gasteiger partial charge in [-0.2, -0.15) is 0 Å². The van der Waals surface area contributed by atoms with Gasteiger partial charge in [0.25, 0.3) is 0 Å². The molecule has 2 aromatic rings. The second kappa shape index (κ2) is 8.62. The highest BCUT2D eigenvalue weighted by Gasteiger charge is 2.47. The summed E-state index contributed by atoms with van der Waals surface area (Å²) in [6.07, 6.45) is 4.79. The Kier molecular flexibility index (Phi) is 5.76. The molecule has 0 saturated carbocycles. The summed E-state index contributed by atoms with van der Waals surface area (Å²) in [5.41, 5.74) is 1.23. The number of fused-ring (bicyclic) bond motifs is 1. The zero-order chi connectivity index (χ0) is 21.1. The number of ether oxygens (including phenoxy) is 1. The third kappa shape index (κ3) is 3.91. The largest absolute Gasteiger partial charge is 0.497 e. The number of carbonyl (C=O) groups excluding carboxylic acids is 3. The summed E-state index contributed by atoms with van der Waals surface area (Å²) in [6, 6.07) is 9.17. The lowest BCUT2D eigenvalue weighted by Gasteiger charge is -2.46. The van der Waals surface area contributed by atoms with Crippen LogP contribution in [0, 0.1) is 0 Å². The van der Waals surface area contributed by atoms with Gasteiger partial charge in [-0.15, -0.1) is 0 Å². The second-order valence-corrected chi connectivity index (χ2v) is 7.49. The van der Waals surface area contributed by atoms with E-state index in [9.17, 15) is 14.4 Å². The molecule has 2 saturated heterocycles. The summed E-state index contributed by atoms with van der Waals surface area (Å²) in [7, 11) is 1.54. The summed E-state index contributed by atoms with van der Waals surface area (Å²) in [5.74, 6) is 0.136. The molecule has 0 bridgehead atoms. The summed E-state index contributed by atoms with van der Waals surface area (Å²) < 4.78 is 5.20. The number of imide groups is 1. The number of carbonyl (C=O) groups is 3. The molecule has 4 rings (SSSR count). The highest BCUT2D eigenvalue weighted by Crippen LogP contribution is 2.26. The Morgan fingerprint density at radius 3 is 2.90 bits per heavy atom. The van der Waals surface area contributed by atoms with Crippen molar-refractivity contribution in [3.05, 3.63) is 59.9 Å². The van der Waals surface area contributed by atoms with Crippen LogP contribution >= 0.6 is 0 Å². The number of benzene rings is 1. The third-order valence-electron chi connectivity index (χ3n) is 5.60. The number of rotatable bonds is 6. The number of hydrogen-bond acceptors (Lipinski definition) is 6. The van der Waals surface area contributed by atoms with Gasteiger partial charge in [-0.25, -0.2) is 4.79 Å². The van der Waals surface area contributed by atoms with Crippen molar-refractivity contribution >= 4 is 17.7 Å². The van der Waals surface area contributed by atoms with Gasteiger partial charge in [0.05, 0.1) is 26.2 Å². The van der Waals surface area contributed by atoms with E-state index in [1.165, 1.54) is 16.9 Å². The molecule has 2 aliphatic heterocycles. The number of nitrogens with zero attached hydrogens (tertiary/aromatic N) is 3. The molecule has 0 aliphatic carbocycles. The molecule has 156 valence electrons. The van der Waals surface area contributed by atoms with Crippen LogP contribution in [0.4, 0.5) is 4.79 Å². The smallest absolute Gasteiger partial charge is 0.327 e. The van der Waals surface area contributed by atoms with Crippen LogP contribution in [0.2, 0.25) is 0 Å². The predicted octanol–water partition coefficient (Wildman–Crippen LogP) is 1.86. The molecule has 2 unspecified atom stereocenters. The standard InChI is InChI=1S/C22H24N4O4/c1-30-17-7-2-6-16(11-17)19(27)14-25-18-8-4-10-24-20(18)21(28)26(22(25)29)13-15-5-3-9-23-12-15/h2-3,5-7,9,11-12,18,20,24H,4,8,10,13-14H2,1H3. The van der Waals surface area contributed by atoms with Crippen LogP contribution in [0.1, 0.15) is 28.8 Å². The molecule has 2 aliphatic rings. The number of aromatic nitrogens is 1. The van der Waals surface area contributed by atoms with Crippen molar-refractivity contribution in [1.29, 1.82) is 0 Å². The number of urea groups is 1. The highest BCUT2D eigenvalue weighted by atomic mass is 16.5. The summed E-state index contributed by atoms with van der Waals surface area (Å²) in [6.45, 7) is 0.741. The maximum Gasteiger partial charge on any atom is 0.327 e. The average Bonchev–Trinajstić information content (AvgIpc) is 2.80. The molecule has 3 heterocycles. The van der Waals surface area contributed by atoms with Crippen molar-refractivity contribution in [2.75, 3.05) is 20.2 Å². The molecule has 1 aromatic heterocycles. The number of hydrogen-bond donors (Lipinski definition) is 1. The average molecular weight is 408 g/mol. The van der Waals surface area contributed by atoms with Gasteiger partial charge >= 0.3 is 6.03 Å². The quantitative estimate of drug-likeness (QED) is 0.734. The van der Waals surface area contributed by atoms with Gasteiger partial charge in [0.1, 0.15) is 11.8 Å². The fourth-order valence-corrected chi connectivity index (χ4v) is 4.07. The van der Waals surface area contributed by atoms with E-state index in [4.69, 9.17) is 4.74 Å². The Balaban J connectivity index is 1.60. The Labute approximate surface area is 174 Å². The molecule has 0 radical (unpaired) electrons. The minimum absolute atomic E-state index is 0.0916. The first-order valence-electron chi connectivity index (χ1n) is 10.00. The van der Waals surface area contributed by atoms with E-state index in [2.05, 4.69) is 10.3 Å². The molecule has 2 fully saturated rings. The van der Waals surface area contributed by atoms with Gasteiger partial charge in [0.2, 0.25) is 5.91 Å². The highest BCUT2D eigenvalue weighted by molar-refractivity contribution is 6.04. The first-order chi connectivity index (χ1) is 14.6. The van der Waals surface area contributed by atoms with E-state index in [0.29, 0.717) is 24.3 Å². The van der Waals surface area contributed by atoms with Crippen LogP contribution in [-0.4, -0.2) is 64.8 Å². The van der Waals surface area contributed by atoms with E-state index >= 15 is 0 Å². The van der Waals surface area contributed by atoms with E-state index in [-0.39, 0.29) is 30.8 Å². The predicted molar refractivity (Wildman–Crippen MR) is 109 cm³/mol.